The van der Waals surface area contributed by atoms with Gasteiger partial charge in [-0.2, -0.15) is 25.3 Å². The Bertz CT molecular complexity index is 299. The van der Waals surface area contributed by atoms with Crippen LogP contribution in [-0.2, 0) is 19.1 Å². The van der Waals surface area contributed by atoms with E-state index in [1.807, 2.05) is 0 Å². The van der Waals surface area contributed by atoms with Gasteiger partial charge in [-0.1, -0.05) is 46.5 Å². The lowest BCUT2D eigenvalue weighted by Crippen LogP contribution is -2.30. The lowest BCUT2D eigenvalue weighted by molar-refractivity contribution is -0.193. The highest BCUT2D eigenvalue weighted by Gasteiger charge is 2.24. The number of esters is 2. The molecular weight excluding hydrogens is 320 g/mol. The summed E-state index contributed by atoms with van der Waals surface area (Å²) in [6.07, 6.45) is 5.17. The van der Waals surface area contributed by atoms with Crippen LogP contribution < -0.4 is 0 Å². The molecule has 0 saturated heterocycles. The first-order valence-electron chi connectivity index (χ1n) is 8.08. The van der Waals surface area contributed by atoms with Crippen LogP contribution in [0, 0.1) is 11.8 Å². The van der Waals surface area contributed by atoms with E-state index in [9.17, 15) is 9.59 Å². The van der Waals surface area contributed by atoms with Gasteiger partial charge in [-0.25, -0.2) is 0 Å². The molecule has 0 fully saturated rings. The molecule has 0 rings (SSSR count). The Morgan fingerprint density at radius 1 is 0.864 bits per heavy atom. The van der Waals surface area contributed by atoms with Crippen LogP contribution in [0.25, 0.3) is 0 Å². The van der Waals surface area contributed by atoms with Gasteiger partial charge in [0.25, 0.3) is 0 Å². The highest BCUT2D eigenvalue weighted by molar-refractivity contribution is 7.80. The minimum atomic E-state index is -0.800. The molecule has 2 unspecified atom stereocenters. The summed E-state index contributed by atoms with van der Waals surface area (Å²) in [4.78, 5) is 23.7. The van der Waals surface area contributed by atoms with Gasteiger partial charge in [0.15, 0.2) is 0 Å². The Morgan fingerprint density at radius 2 is 1.32 bits per heavy atom. The second kappa shape index (κ2) is 13.1. The molecule has 0 aliphatic heterocycles. The molecular formula is C16H30O4S2. The third kappa shape index (κ3) is 9.62. The third-order valence-electron chi connectivity index (χ3n) is 3.39. The predicted octanol–water partition coefficient (Wildman–Crippen LogP) is 3.89. The summed E-state index contributed by atoms with van der Waals surface area (Å²) in [5, 5.41) is 0. The van der Waals surface area contributed by atoms with Crippen LogP contribution in [0.4, 0.5) is 0 Å². The molecule has 0 aromatic heterocycles. The molecule has 6 heteroatoms. The topological polar surface area (TPSA) is 52.6 Å². The zero-order valence-electron chi connectivity index (χ0n) is 13.9. The molecule has 0 aromatic carbocycles. The van der Waals surface area contributed by atoms with Crippen molar-refractivity contribution in [1.29, 1.82) is 0 Å². The van der Waals surface area contributed by atoms with E-state index in [0.29, 0.717) is 17.9 Å². The minimum absolute atomic E-state index is 0.313. The molecule has 0 aromatic rings. The zero-order chi connectivity index (χ0) is 17.0. The first kappa shape index (κ1) is 21.6. The molecule has 0 aliphatic rings. The van der Waals surface area contributed by atoms with Crippen molar-refractivity contribution in [3.8, 4) is 0 Å². The Hall–Kier alpha value is -0.360. The van der Waals surface area contributed by atoms with E-state index in [4.69, 9.17) is 9.47 Å². The van der Waals surface area contributed by atoms with Crippen molar-refractivity contribution < 1.29 is 19.1 Å². The van der Waals surface area contributed by atoms with Gasteiger partial charge in [0.05, 0.1) is 11.8 Å². The summed E-state index contributed by atoms with van der Waals surface area (Å²) in [5.41, 5.74) is 0. The average Bonchev–Trinajstić information content (AvgIpc) is 2.52. The number of hydrogen-bond donors (Lipinski definition) is 2. The van der Waals surface area contributed by atoms with Crippen molar-refractivity contribution in [2.45, 2.75) is 65.6 Å². The molecule has 0 radical (unpaired) electrons. The number of carbonyl (C=O) groups is 2. The molecule has 0 amide bonds. The van der Waals surface area contributed by atoms with Gasteiger partial charge in [0.2, 0.25) is 6.29 Å². The maximum absolute atomic E-state index is 11.9. The van der Waals surface area contributed by atoms with Crippen LogP contribution >= 0.6 is 25.3 Å². The molecule has 2 atom stereocenters. The van der Waals surface area contributed by atoms with Gasteiger partial charge in [-0.3, -0.25) is 9.59 Å². The van der Waals surface area contributed by atoms with Gasteiger partial charge >= 0.3 is 11.9 Å². The third-order valence-corrected chi connectivity index (χ3v) is 4.49. The van der Waals surface area contributed by atoms with E-state index < -0.39 is 6.29 Å². The summed E-state index contributed by atoms with van der Waals surface area (Å²) in [6.45, 7) is 5.64. The molecule has 0 spiro atoms. The maximum atomic E-state index is 11.9. The quantitative estimate of drug-likeness (QED) is 0.243. The zero-order valence-corrected chi connectivity index (χ0v) is 15.7. The second-order valence-electron chi connectivity index (χ2n) is 5.67. The maximum Gasteiger partial charge on any atom is 0.312 e. The smallest absolute Gasteiger partial charge is 0.312 e. The lowest BCUT2D eigenvalue weighted by atomic mass is 10.1. The highest BCUT2D eigenvalue weighted by Crippen LogP contribution is 2.15. The molecule has 4 nitrogen and oxygen atoms in total. The predicted molar refractivity (Wildman–Crippen MR) is 95.4 cm³/mol. The highest BCUT2D eigenvalue weighted by atomic mass is 32.1. The standard InChI is InChI=1S/C16H30O4S2/c1-4-5-6-7-8-9-14(19-15(17)12(2)10-21)20-16(18)13(3)11-22/h12-14,21-22H,4-11H2,1-3H3. The van der Waals surface area contributed by atoms with E-state index in [0.717, 1.165) is 19.3 Å². The number of unbranched alkanes of at least 4 members (excludes halogenated alkanes) is 4. The SMILES string of the molecule is CCCCCCCC(OC(=O)C(C)CS)OC(=O)C(C)CS. The van der Waals surface area contributed by atoms with Crippen molar-refractivity contribution >= 4 is 37.2 Å². The molecule has 0 N–H and O–H groups in total. The van der Waals surface area contributed by atoms with Crippen molar-refractivity contribution in [3.63, 3.8) is 0 Å². The molecule has 0 saturated carbocycles. The summed E-state index contributed by atoms with van der Waals surface area (Å²) in [6, 6.07) is 0. The normalized spacial score (nSPS) is 15.0. The van der Waals surface area contributed by atoms with Gasteiger partial charge in [0.1, 0.15) is 0 Å². The lowest BCUT2D eigenvalue weighted by Gasteiger charge is -2.21. The van der Waals surface area contributed by atoms with Gasteiger partial charge in [-0.15, -0.1) is 0 Å². The first-order valence-corrected chi connectivity index (χ1v) is 9.35. The summed E-state index contributed by atoms with van der Waals surface area (Å²) >= 11 is 8.17. The Kier molecular flexibility index (Phi) is 12.9. The Balaban J connectivity index is 4.42. The second-order valence-corrected chi connectivity index (χ2v) is 6.40. The summed E-state index contributed by atoms with van der Waals surface area (Å²) < 4.78 is 10.6. The molecule has 0 heterocycles. The van der Waals surface area contributed by atoms with E-state index in [-0.39, 0.29) is 23.8 Å². The monoisotopic (exact) mass is 350 g/mol. The molecule has 0 bridgehead atoms. The molecule has 0 aliphatic carbocycles. The fraction of sp³-hybridized carbons (Fsp3) is 0.875. The largest absolute Gasteiger partial charge is 0.425 e. The summed E-state index contributed by atoms with van der Waals surface area (Å²) in [7, 11) is 0. The van der Waals surface area contributed by atoms with Gasteiger partial charge < -0.3 is 9.47 Å². The van der Waals surface area contributed by atoms with Crippen LogP contribution in [-0.4, -0.2) is 29.7 Å². The minimum Gasteiger partial charge on any atom is -0.425 e. The van der Waals surface area contributed by atoms with E-state index in [2.05, 4.69) is 32.2 Å². The van der Waals surface area contributed by atoms with Crippen LogP contribution in [0.2, 0.25) is 0 Å². The van der Waals surface area contributed by atoms with Crippen LogP contribution in [0.3, 0.4) is 0 Å². The van der Waals surface area contributed by atoms with Gasteiger partial charge in [0, 0.05) is 17.9 Å². The van der Waals surface area contributed by atoms with Crippen LogP contribution in [0.15, 0.2) is 0 Å². The Labute approximate surface area is 145 Å². The van der Waals surface area contributed by atoms with Crippen LogP contribution in [0.5, 0.6) is 0 Å². The van der Waals surface area contributed by atoms with E-state index in [1.165, 1.54) is 12.8 Å². The molecule has 130 valence electrons. The Morgan fingerprint density at radius 3 is 1.73 bits per heavy atom. The number of ether oxygens (including phenoxy) is 2. The van der Waals surface area contributed by atoms with Crippen molar-refractivity contribution in [1.82, 2.24) is 0 Å². The average molecular weight is 351 g/mol. The van der Waals surface area contributed by atoms with E-state index >= 15 is 0 Å². The number of thiol groups is 2. The number of carbonyl (C=O) groups excluding carboxylic acids is 2. The van der Waals surface area contributed by atoms with Crippen molar-refractivity contribution in [3.05, 3.63) is 0 Å². The fourth-order valence-corrected chi connectivity index (χ4v) is 2.00. The molecule has 22 heavy (non-hydrogen) atoms. The van der Waals surface area contributed by atoms with Crippen molar-refractivity contribution in [2.24, 2.45) is 11.8 Å². The first-order chi connectivity index (χ1) is 10.5. The van der Waals surface area contributed by atoms with Crippen molar-refractivity contribution in [2.75, 3.05) is 11.5 Å². The van der Waals surface area contributed by atoms with Gasteiger partial charge in [-0.05, 0) is 6.42 Å². The summed E-state index contributed by atoms with van der Waals surface area (Å²) in [5.74, 6) is -0.565. The fourth-order valence-electron chi connectivity index (χ4n) is 1.70. The number of rotatable bonds is 12. The van der Waals surface area contributed by atoms with Crippen LogP contribution in [0.1, 0.15) is 59.3 Å². The van der Waals surface area contributed by atoms with E-state index in [1.54, 1.807) is 13.8 Å². The number of hydrogen-bond acceptors (Lipinski definition) is 6.